The highest BCUT2D eigenvalue weighted by Gasteiger charge is 2.32. The van der Waals surface area contributed by atoms with Crippen LogP contribution in [0.2, 0.25) is 0 Å². The molecule has 1 atom stereocenters. The predicted octanol–water partition coefficient (Wildman–Crippen LogP) is 4.26. The van der Waals surface area contributed by atoms with Gasteiger partial charge in [0.2, 0.25) is 0 Å². The maximum Gasteiger partial charge on any atom is 0.416 e. The molecule has 9 heteroatoms. The van der Waals surface area contributed by atoms with Gasteiger partial charge in [-0.3, -0.25) is 19.5 Å². The number of morpholine rings is 1. The topological polar surface area (TPSA) is 56.1 Å². The van der Waals surface area contributed by atoms with E-state index in [0.29, 0.717) is 30.1 Å². The molecule has 2 aromatic heterocycles. The molecule has 0 amide bonds. The summed E-state index contributed by atoms with van der Waals surface area (Å²) in [6.45, 7) is 7.41. The SMILES string of the molecule is CCn1cc(CN2CCOC(c3nccnc3-c3cccc(C(F)(F)F)c3)C2)c(C)n1. The highest BCUT2D eigenvalue weighted by atomic mass is 19.4. The molecule has 4 rings (SSSR count). The number of ether oxygens (including phenoxy) is 1. The van der Waals surface area contributed by atoms with Gasteiger partial charge in [-0.05, 0) is 26.0 Å². The zero-order valence-corrected chi connectivity index (χ0v) is 17.4. The van der Waals surface area contributed by atoms with Crippen molar-refractivity contribution in [3.63, 3.8) is 0 Å². The van der Waals surface area contributed by atoms with E-state index in [4.69, 9.17) is 4.74 Å². The summed E-state index contributed by atoms with van der Waals surface area (Å²) in [7, 11) is 0. The number of alkyl halides is 3. The normalized spacial score (nSPS) is 17.8. The molecule has 1 unspecified atom stereocenters. The van der Waals surface area contributed by atoms with Gasteiger partial charge in [-0.2, -0.15) is 18.3 Å². The van der Waals surface area contributed by atoms with Gasteiger partial charge < -0.3 is 4.74 Å². The van der Waals surface area contributed by atoms with Crippen molar-refractivity contribution in [2.45, 2.75) is 39.2 Å². The first-order chi connectivity index (χ1) is 14.8. The van der Waals surface area contributed by atoms with Crippen LogP contribution in [0.3, 0.4) is 0 Å². The van der Waals surface area contributed by atoms with Crippen LogP contribution < -0.4 is 0 Å². The van der Waals surface area contributed by atoms with Gasteiger partial charge in [0.25, 0.3) is 0 Å². The molecular weight excluding hydrogens is 407 g/mol. The number of hydrogen-bond donors (Lipinski definition) is 0. The van der Waals surface area contributed by atoms with E-state index < -0.39 is 11.7 Å². The van der Waals surface area contributed by atoms with E-state index in [-0.39, 0.29) is 6.10 Å². The number of aryl methyl sites for hydroxylation is 2. The average molecular weight is 431 g/mol. The van der Waals surface area contributed by atoms with Gasteiger partial charge in [-0.25, -0.2) is 0 Å². The zero-order chi connectivity index (χ0) is 22.0. The third-order valence-corrected chi connectivity index (χ3v) is 5.41. The number of rotatable bonds is 5. The van der Waals surface area contributed by atoms with Crippen LogP contribution in [0.15, 0.2) is 42.9 Å². The predicted molar refractivity (Wildman–Crippen MR) is 109 cm³/mol. The molecule has 3 aromatic rings. The Hall–Kier alpha value is -2.78. The second-order valence-corrected chi connectivity index (χ2v) is 7.56. The van der Waals surface area contributed by atoms with Gasteiger partial charge >= 0.3 is 6.18 Å². The van der Waals surface area contributed by atoms with Crippen LogP contribution in [-0.2, 0) is 24.0 Å². The van der Waals surface area contributed by atoms with Crippen LogP contribution >= 0.6 is 0 Å². The van der Waals surface area contributed by atoms with Crippen LogP contribution in [0.4, 0.5) is 13.2 Å². The lowest BCUT2D eigenvalue weighted by molar-refractivity contribution is -0.137. The molecule has 0 spiro atoms. The van der Waals surface area contributed by atoms with Crippen molar-refractivity contribution in [3.05, 3.63) is 65.4 Å². The van der Waals surface area contributed by atoms with E-state index in [2.05, 4.69) is 26.2 Å². The Bertz CT molecular complexity index is 1050. The summed E-state index contributed by atoms with van der Waals surface area (Å²) in [5.41, 5.74) is 2.77. The maximum absolute atomic E-state index is 13.2. The van der Waals surface area contributed by atoms with Gasteiger partial charge in [0, 0.05) is 55.9 Å². The summed E-state index contributed by atoms with van der Waals surface area (Å²) in [5.74, 6) is 0. The van der Waals surface area contributed by atoms with Gasteiger partial charge in [0.05, 0.1) is 29.3 Å². The first-order valence-electron chi connectivity index (χ1n) is 10.2. The summed E-state index contributed by atoms with van der Waals surface area (Å²) < 4.78 is 47.4. The van der Waals surface area contributed by atoms with E-state index in [1.807, 2.05) is 18.5 Å². The molecule has 31 heavy (non-hydrogen) atoms. The quantitative estimate of drug-likeness (QED) is 0.604. The lowest BCUT2D eigenvalue weighted by atomic mass is 10.0. The molecule has 0 radical (unpaired) electrons. The van der Waals surface area contributed by atoms with Crippen molar-refractivity contribution < 1.29 is 17.9 Å². The zero-order valence-electron chi connectivity index (χ0n) is 17.4. The minimum Gasteiger partial charge on any atom is -0.369 e. The minimum absolute atomic E-state index is 0.374. The Morgan fingerprint density at radius 1 is 1.19 bits per heavy atom. The second-order valence-electron chi connectivity index (χ2n) is 7.56. The fourth-order valence-corrected chi connectivity index (χ4v) is 3.78. The molecule has 6 nitrogen and oxygen atoms in total. The molecule has 1 aliphatic heterocycles. The van der Waals surface area contributed by atoms with Crippen molar-refractivity contribution in [2.75, 3.05) is 19.7 Å². The van der Waals surface area contributed by atoms with Crippen molar-refractivity contribution in [2.24, 2.45) is 0 Å². The number of hydrogen-bond acceptors (Lipinski definition) is 5. The third-order valence-electron chi connectivity index (χ3n) is 5.41. The molecule has 1 saturated heterocycles. The summed E-state index contributed by atoms with van der Waals surface area (Å²) in [5, 5.41) is 4.50. The van der Waals surface area contributed by atoms with E-state index in [0.717, 1.165) is 43.0 Å². The molecule has 1 fully saturated rings. The lowest BCUT2D eigenvalue weighted by Gasteiger charge is -2.33. The first kappa shape index (κ1) is 21.5. The Morgan fingerprint density at radius 2 is 2.00 bits per heavy atom. The monoisotopic (exact) mass is 431 g/mol. The van der Waals surface area contributed by atoms with Crippen molar-refractivity contribution in [1.29, 1.82) is 0 Å². The number of aromatic nitrogens is 4. The smallest absolute Gasteiger partial charge is 0.369 e. The van der Waals surface area contributed by atoms with E-state index in [9.17, 15) is 13.2 Å². The van der Waals surface area contributed by atoms with Crippen molar-refractivity contribution in [3.8, 4) is 11.3 Å². The summed E-state index contributed by atoms with van der Waals surface area (Å²) >= 11 is 0. The first-order valence-corrected chi connectivity index (χ1v) is 10.2. The fourth-order valence-electron chi connectivity index (χ4n) is 3.78. The van der Waals surface area contributed by atoms with Gasteiger partial charge in [-0.15, -0.1) is 0 Å². The van der Waals surface area contributed by atoms with Crippen LogP contribution in [-0.4, -0.2) is 44.3 Å². The standard InChI is InChI=1S/C22H24F3N5O/c1-3-30-13-17(15(2)28-30)12-29-9-10-31-19(14-29)21-20(26-7-8-27-21)16-5-4-6-18(11-16)22(23,24)25/h4-8,11,13,19H,3,9-10,12,14H2,1-2H3. The minimum atomic E-state index is -4.42. The van der Waals surface area contributed by atoms with Crippen LogP contribution in [0.1, 0.15) is 35.5 Å². The largest absolute Gasteiger partial charge is 0.416 e. The number of halogens is 3. The summed E-state index contributed by atoms with van der Waals surface area (Å²) in [6, 6.07) is 5.17. The highest BCUT2D eigenvalue weighted by Crippen LogP contribution is 2.34. The highest BCUT2D eigenvalue weighted by molar-refractivity contribution is 5.63. The van der Waals surface area contributed by atoms with E-state index in [1.54, 1.807) is 12.3 Å². The molecule has 1 aromatic carbocycles. The molecule has 0 aliphatic carbocycles. The molecule has 0 bridgehead atoms. The Morgan fingerprint density at radius 3 is 2.74 bits per heavy atom. The fraction of sp³-hybridized carbons (Fsp3) is 0.409. The van der Waals surface area contributed by atoms with E-state index >= 15 is 0 Å². The Labute approximate surface area is 178 Å². The van der Waals surface area contributed by atoms with Gasteiger partial charge in [-0.1, -0.05) is 12.1 Å². The second kappa shape index (κ2) is 8.76. The van der Waals surface area contributed by atoms with Gasteiger partial charge in [0.1, 0.15) is 6.10 Å². The van der Waals surface area contributed by atoms with Crippen LogP contribution in [0, 0.1) is 6.92 Å². The Balaban J connectivity index is 1.58. The van der Waals surface area contributed by atoms with Crippen LogP contribution in [0.25, 0.3) is 11.3 Å². The number of benzene rings is 1. The molecule has 164 valence electrons. The molecule has 1 aliphatic rings. The average Bonchev–Trinajstić information content (AvgIpc) is 3.13. The maximum atomic E-state index is 13.2. The van der Waals surface area contributed by atoms with Crippen molar-refractivity contribution >= 4 is 0 Å². The molecule has 0 N–H and O–H groups in total. The van der Waals surface area contributed by atoms with Gasteiger partial charge in [0.15, 0.2) is 0 Å². The third kappa shape index (κ3) is 4.77. The number of nitrogens with zero attached hydrogens (tertiary/aromatic N) is 5. The van der Waals surface area contributed by atoms with Crippen LogP contribution in [0.5, 0.6) is 0 Å². The molecular formula is C22H24F3N5O. The van der Waals surface area contributed by atoms with E-state index in [1.165, 1.54) is 12.3 Å². The Kier molecular flexibility index (Phi) is 6.06. The summed E-state index contributed by atoms with van der Waals surface area (Å²) in [6.07, 6.45) is 0.286. The molecule has 0 saturated carbocycles. The van der Waals surface area contributed by atoms with Crippen molar-refractivity contribution in [1.82, 2.24) is 24.6 Å². The lowest BCUT2D eigenvalue weighted by Crippen LogP contribution is -2.38. The summed E-state index contributed by atoms with van der Waals surface area (Å²) in [4.78, 5) is 11.0. The molecule has 3 heterocycles.